The quantitative estimate of drug-likeness (QED) is 0.466. The molecule has 0 aliphatic rings. The maximum absolute atomic E-state index is 8.33. The molecule has 0 saturated heterocycles. The molecule has 0 aromatic carbocycles. The molecule has 0 saturated carbocycles. The van der Waals surface area contributed by atoms with Crippen LogP contribution in [0.5, 0.6) is 0 Å². The van der Waals surface area contributed by atoms with E-state index in [9.17, 15) is 0 Å². The van der Waals surface area contributed by atoms with E-state index in [4.69, 9.17) is 10.4 Å². The summed E-state index contributed by atoms with van der Waals surface area (Å²) >= 11 is 0. The predicted molar refractivity (Wildman–Crippen MR) is 21.9 cm³/mol. The lowest BCUT2D eigenvalue weighted by Gasteiger charge is -1.88. The topological polar surface area (TPSA) is 44.0 Å². The highest BCUT2D eigenvalue weighted by Gasteiger charge is 1.87. The first kappa shape index (κ1) is 5.45. The van der Waals surface area contributed by atoms with Crippen molar-refractivity contribution in [2.75, 3.05) is 0 Å². The van der Waals surface area contributed by atoms with Crippen molar-refractivity contribution in [1.29, 1.82) is 5.26 Å². The molecular formula is C4H7NO. The Balaban J connectivity index is 2.88. The third kappa shape index (κ3) is 3.45. The monoisotopic (exact) mass is 86.1 g/mol. The van der Waals surface area contributed by atoms with Gasteiger partial charge in [0.25, 0.3) is 0 Å². The molecule has 0 heterocycles. The Morgan fingerprint density at radius 3 is 2.50 bits per heavy atom. The van der Waals surface area contributed by atoms with Gasteiger partial charge in [-0.05, 0) is 6.92 Å². The van der Waals surface area contributed by atoms with Crippen molar-refractivity contribution in [1.82, 2.24) is 0 Å². The molecular weight excluding hydrogens is 79.0 g/mol. The van der Waals surface area contributed by atoms with Gasteiger partial charge < -0.3 is 5.11 Å². The summed E-state index contributed by atoms with van der Waals surface area (Å²) in [5, 5.41) is 16.2. The van der Waals surface area contributed by atoms with Gasteiger partial charge in [0.05, 0.1) is 18.6 Å². The van der Waals surface area contributed by atoms with Crippen LogP contribution in [0.3, 0.4) is 0 Å². The van der Waals surface area contributed by atoms with Gasteiger partial charge in [-0.15, -0.1) is 0 Å². The Kier molecular flexibility index (Phi) is 2.43. The van der Waals surface area contributed by atoms with Gasteiger partial charge in [-0.25, -0.2) is 0 Å². The van der Waals surface area contributed by atoms with Crippen LogP contribution in [0.1, 0.15) is 13.3 Å². The van der Waals surface area contributed by atoms with E-state index in [1.54, 1.807) is 6.92 Å². The molecule has 0 rings (SSSR count). The minimum absolute atomic E-state index is 0.236. The van der Waals surface area contributed by atoms with Gasteiger partial charge >= 0.3 is 0 Å². The largest absolute Gasteiger partial charge is 0.392 e. The van der Waals surface area contributed by atoms with Crippen LogP contribution in [-0.2, 0) is 0 Å². The van der Waals surface area contributed by atoms with Crippen LogP contribution in [0.25, 0.3) is 0 Å². The number of hydrogen-bond donors (Lipinski definition) is 1. The van der Waals surface area contributed by atoms with Gasteiger partial charge in [-0.3, -0.25) is 0 Å². The first-order valence-corrected chi connectivity index (χ1v) is 1.82. The van der Waals surface area contributed by atoms with Gasteiger partial charge in [0.15, 0.2) is 0 Å². The second-order valence-electron chi connectivity index (χ2n) is 1.21. The molecule has 0 aliphatic carbocycles. The molecule has 0 aromatic rings. The highest BCUT2D eigenvalue weighted by molar-refractivity contribution is 4.71. The van der Waals surface area contributed by atoms with Gasteiger partial charge in [0.2, 0.25) is 0 Å². The highest BCUT2D eigenvalue weighted by atomic mass is 16.3. The number of nitrogens with zero attached hydrogens (tertiary/aromatic N) is 1. The molecule has 2 nitrogen and oxygen atoms in total. The molecule has 0 spiro atoms. The van der Waals surface area contributed by atoms with Gasteiger partial charge in [0.1, 0.15) is 0 Å². The van der Waals surface area contributed by atoms with Crippen LogP contribution >= 0.6 is 0 Å². The zero-order chi connectivity index (χ0) is 4.99. The first-order valence-electron chi connectivity index (χ1n) is 1.82. The van der Waals surface area contributed by atoms with Crippen molar-refractivity contribution >= 4 is 0 Å². The first-order chi connectivity index (χ1) is 2.77. The minimum Gasteiger partial charge on any atom is -0.392 e. The van der Waals surface area contributed by atoms with E-state index in [0.717, 1.165) is 0 Å². The molecule has 1 N–H and O–H groups in total. The number of hydrogen-bond acceptors (Lipinski definition) is 2. The van der Waals surface area contributed by atoms with Crippen LogP contribution in [0.2, 0.25) is 0 Å². The lowest BCUT2D eigenvalue weighted by atomic mass is 10.4. The van der Waals surface area contributed by atoms with Crippen molar-refractivity contribution < 1.29 is 5.11 Å². The molecule has 0 amide bonds. The number of nitriles is 1. The van der Waals surface area contributed by atoms with Crippen LogP contribution in [-0.4, -0.2) is 11.2 Å². The zero-order valence-electron chi connectivity index (χ0n) is 3.68. The summed E-state index contributed by atoms with van der Waals surface area (Å²) in [6, 6.07) is 1.82. The third-order valence-electron chi connectivity index (χ3n) is 0.387. The summed E-state index contributed by atoms with van der Waals surface area (Å²) in [4.78, 5) is 0. The van der Waals surface area contributed by atoms with Crippen LogP contribution in [0.15, 0.2) is 0 Å². The molecule has 0 radical (unpaired) electrons. The smallest absolute Gasteiger partial charge is 0.0648 e. The second-order valence-corrected chi connectivity index (χ2v) is 1.21. The fourth-order valence-electron chi connectivity index (χ4n) is 0.132. The predicted octanol–water partition coefficient (Wildman–Crippen LogP) is 0.281. The second kappa shape index (κ2) is 2.67. The van der Waals surface area contributed by atoms with E-state index in [0.29, 0.717) is 0 Å². The summed E-state index contributed by atoms with van der Waals surface area (Å²) in [5.41, 5.74) is 0. The van der Waals surface area contributed by atoms with Crippen molar-refractivity contribution in [3.8, 4) is 6.07 Å². The molecule has 0 aromatic heterocycles. The maximum Gasteiger partial charge on any atom is 0.0648 e. The van der Waals surface area contributed by atoms with Crippen molar-refractivity contribution in [3.05, 3.63) is 0 Å². The number of aliphatic hydroxyl groups is 1. The molecule has 34 valence electrons. The van der Waals surface area contributed by atoms with E-state index in [2.05, 4.69) is 0 Å². The van der Waals surface area contributed by atoms with Gasteiger partial charge in [-0.1, -0.05) is 0 Å². The minimum atomic E-state index is -0.463. The molecule has 0 aliphatic heterocycles. The summed E-state index contributed by atoms with van der Waals surface area (Å²) in [7, 11) is 0. The molecule has 0 fully saturated rings. The van der Waals surface area contributed by atoms with Gasteiger partial charge in [-0.2, -0.15) is 5.26 Å². The molecule has 0 bridgehead atoms. The van der Waals surface area contributed by atoms with E-state index in [-0.39, 0.29) is 6.42 Å². The van der Waals surface area contributed by atoms with Crippen molar-refractivity contribution in [2.45, 2.75) is 19.4 Å². The summed E-state index contributed by atoms with van der Waals surface area (Å²) in [6.07, 6.45) is -0.227. The Hall–Kier alpha value is -0.550. The Bertz CT molecular complexity index is 62.4. The summed E-state index contributed by atoms with van der Waals surface area (Å²) < 4.78 is 0. The average molecular weight is 86.1 g/mol. The Labute approximate surface area is 37.0 Å². The average Bonchev–Trinajstić information content (AvgIpc) is 1.35. The number of aliphatic hydroxyl groups excluding tert-OH is 1. The van der Waals surface area contributed by atoms with Gasteiger partial charge in [0, 0.05) is 0 Å². The van der Waals surface area contributed by atoms with Crippen LogP contribution < -0.4 is 0 Å². The van der Waals surface area contributed by atoms with E-state index >= 15 is 0 Å². The van der Waals surface area contributed by atoms with Crippen molar-refractivity contribution in [2.24, 2.45) is 0 Å². The van der Waals surface area contributed by atoms with Crippen LogP contribution in [0.4, 0.5) is 0 Å². The number of rotatable bonds is 1. The van der Waals surface area contributed by atoms with E-state index < -0.39 is 6.10 Å². The maximum atomic E-state index is 8.33. The summed E-state index contributed by atoms with van der Waals surface area (Å²) in [6.45, 7) is 1.59. The van der Waals surface area contributed by atoms with E-state index in [1.165, 1.54) is 0 Å². The lowest BCUT2D eigenvalue weighted by Crippen LogP contribution is -1.94. The standard InChI is InChI=1S/C4H7NO/c1-4(6)2-3-5/h4,6H,2H2,1H3/i3+1. The molecule has 2 heteroatoms. The molecule has 1 unspecified atom stereocenters. The molecule has 6 heavy (non-hydrogen) atoms. The van der Waals surface area contributed by atoms with Crippen molar-refractivity contribution in [3.63, 3.8) is 0 Å². The normalized spacial score (nSPS) is 12.8. The Morgan fingerprint density at radius 2 is 2.50 bits per heavy atom. The Morgan fingerprint density at radius 1 is 2.00 bits per heavy atom. The highest BCUT2D eigenvalue weighted by Crippen LogP contribution is 1.82. The van der Waals surface area contributed by atoms with Crippen LogP contribution in [0, 0.1) is 11.3 Å². The zero-order valence-corrected chi connectivity index (χ0v) is 3.68. The van der Waals surface area contributed by atoms with E-state index in [1.807, 2.05) is 6.07 Å². The summed E-state index contributed by atoms with van der Waals surface area (Å²) in [5.74, 6) is 0. The fraction of sp³-hybridized carbons (Fsp3) is 0.750. The fourth-order valence-corrected chi connectivity index (χ4v) is 0.132. The SMILES string of the molecule is CC(O)C[13C]#N. The molecule has 1 atom stereocenters. The lowest BCUT2D eigenvalue weighted by molar-refractivity contribution is 0.200. The third-order valence-corrected chi connectivity index (χ3v) is 0.387.